The molecule has 0 aliphatic carbocycles. The monoisotopic (exact) mass is 332 g/mol. The minimum atomic E-state index is 0.709. The Bertz CT molecular complexity index is 185. The predicted molar refractivity (Wildman–Crippen MR) is 94.2 cm³/mol. The lowest BCUT2D eigenvalue weighted by molar-refractivity contribution is 0.0462. The summed E-state index contributed by atoms with van der Waals surface area (Å²) in [4.78, 5) is 0. The quantitative estimate of drug-likeness (QED) is 0.322. The van der Waals surface area contributed by atoms with Crippen LogP contribution in [0.15, 0.2) is 0 Å². The minimum absolute atomic E-state index is 0.709. The molecule has 0 aromatic carbocycles. The van der Waals surface area contributed by atoms with Crippen molar-refractivity contribution < 1.29 is 18.9 Å². The summed E-state index contributed by atoms with van der Waals surface area (Å²) in [5.41, 5.74) is 0. The third-order valence-electron chi connectivity index (χ3n) is 3.15. The van der Waals surface area contributed by atoms with Gasteiger partial charge in [-0.2, -0.15) is 0 Å². The number of unbranched alkanes of at least 4 members (excludes halogenated alkanes) is 2. The Labute approximate surface area is 143 Å². The molecular weight excluding hydrogens is 294 g/mol. The summed E-state index contributed by atoms with van der Waals surface area (Å²) < 4.78 is 21.7. The number of ether oxygens (including phenoxy) is 4. The molecule has 5 heteroatoms. The van der Waals surface area contributed by atoms with Gasteiger partial charge in [-0.05, 0) is 38.5 Å². The Balaban J connectivity index is 2.92. The van der Waals surface area contributed by atoms with Crippen molar-refractivity contribution in [2.24, 2.45) is 0 Å². The molecule has 0 fully saturated rings. The van der Waals surface area contributed by atoms with Crippen LogP contribution in [-0.2, 0) is 18.9 Å². The van der Waals surface area contributed by atoms with Gasteiger partial charge in [-0.1, -0.05) is 13.8 Å². The third-order valence-corrected chi connectivity index (χ3v) is 3.15. The normalized spacial score (nSPS) is 11.2. The topological polar surface area (TPSA) is 51.0 Å². The number of rotatable bonds is 20. The number of hydrogen-bond acceptors (Lipinski definition) is 4. The molecule has 0 aromatic rings. The maximum atomic E-state index is 5.49. The second-order valence-electron chi connectivity index (χ2n) is 5.53. The van der Waals surface area contributed by atoms with Crippen LogP contribution >= 0.6 is 0 Å². The molecule has 0 aliphatic rings. The first-order chi connectivity index (χ1) is 11.4. The molecule has 139 valence electrons. The molecule has 0 saturated heterocycles. The first-order valence-corrected chi connectivity index (χ1v) is 9.36. The maximum Gasteiger partial charge on any atom is 0.0700 e. The lowest BCUT2D eigenvalue weighted by atomic mass is 10.3. The van der Waals surface area contributed by atoms with Crippen molar-refractivity contribution in [2.75, 3.05) is 65.9 Å². The van der Waals surface area contributed by atoms with Crippen molar-refractivity contribution >= 4 is 0 Å². The minimum Gasteiger partial charge on any atom is -0.379 e. The third kappa shape index (κ3) is 21.8. The van der Waals surface area contributed by atoms with Crippen LogP contribution in [0, 0.1) is 0 Å². The van der Waals surface area contributed by atoms with Crippen LogP contribution in [0.4, 0.5) is 0 Å². The van der Waals surface area contributed by atoms with Crippen molar-refractivity contribution in [2.45, 2.75) is 52.4 Å². The number of nitrogens with zero attached hydrogens (tertiary/aromatic N) is 1. The molecule has 0 unspecified atom stereocenters. The van der Waals surface area contributed by atoms with E-state index in [9.17, 15) is 0 Å². The fourth-order valence-electron chi connectivity index (χ4n) is 1.90. The highest BCUT2D eigenvalue weighted by molar-refractivity contribution is 4.49. The Kier molecular flexibility index (Phi) is 21.6. The zero-order chi connectivity index (χ0) is 16.8. The molecule has 1 radical (unpaired) electrons. The van der Waals surface area contributed by atoms with Gasteiger partial charge in [0.1, 0.15) is 0 Å². The molecule has 5 nitrogen and oxygen atoms in total. The summed E-state index contributed by atoms with van der Waals surface area (Å²) in [6, 6.07) is 0. The van der Waals surface area contributed by atoms with Crippen molar-refractivity contribution in [1.82, 2.24) is 5.32 Å². The van der Waals surface area contributed by atoms with Crippen molar-refractivity contribution in [1.29, 1.82) is 0 Å². The molecule has 0 heterocycles. The van der Waals surface area contributed by atoms with E-state index in [1.165, 1.54) is 0 Å². The maximum absolute atomic E-state index is 5.49. The molecule has 23 heavy (non-hydrogen) atoms. The van der Waals surface area contributed by atoms with Crippen molar-refractivity contribution in [3.05, 3.63) is 0 Å². The van der Waals surface area contributed by atoms with Crippen LogP contribution in [0.3, 0.4) is 0 Å². The molecule has 0 N–H and O–H groups in total. The average Bonchev–Trinajstić information content (AvgIpc) is 2.57. The molecule has 0 rings (SSSR count). The van der Waals surface area contributed by atoms with Crippen LogP contribution in [-0.4, -0.2) is 65.9 Å². The smallest absolute Gasteiger partial charge is 0.0700 e. The van der Waals surface area contributed by atoms with Crippen LogP contribution < -0.4 is 5.32 Å². The lowest BCUT2D eigenvalue weighted by Gasteiger charge is -2.06. The highest BCUT2D eigenvalue weighted by Gasteiger charge is 1.94. The molecule has 0 aliphatic heterocycles. The summed E-state index contributed by atoms with van der Waals surface area (Å²) in [7, 11) is 0. The zero-order valence-electron chi connectivity index (χ0n) is 15.4. The lowest BCUT2D eigenvalue weighted by Crippen LogP contribution is -2.11. The standard InChI is InChI=1S/C18H38NO4/c1-3-11-20-15-17-22-13-7-5-9-19-10-6-8-14-23-18-16-21-12-4-2/h3-18H2,1-2H3. The van der Waals surface area contributed by atoms with Gasteiger partial charge in [0.2, 0.25) is 0 Å². The van der Waals surface area contributed by atoms with E-state index in [4.69, 9.17) is 18.9 Å². The van der Waals surface area contributed by atoms with Gasteiger partial charge in [0.25, 0.3) is 0 Å². The van der Waals surface area contributed by atoms with Gasteiger partial charge in [0.15, 0.2) is 0 Å². The largest absolute Gasteiger partial charge is 0.379 e. The van der Waals surface area contributed by atoms with E-state index in [0.29, 0.717) is 26.4 Å². The Hall–Kier alpha value is -0.200. The predicted octanol–water partition coefficient (Wildman–Crippen LogP) is 3.04. The highest BCUT2D eigenvalue weighted by Crippen LogP contribution is 1.93. The summed E-state index contributed by atoms with van der Waals surface area (Å²) in [6.07, 6.45) is 6.53. The number of hydrogen-bond donors (Lipinski definition) is 0. The summed E-state index contributed by atoms with van der Waals surface area (Å²) in [6.45, 7) is 12.3. The second kappa shape index (κ2) is 21.8. The first kappa shape index (κ1) is 22.8. The Morgan fingerprint density at radius 1 is 0.478 bits per heavy atom. The molecular formula is C18H38NO4. The Morgan fingerprint density at radius 2 is 0.870 bits per heavy atom. The molecule has 0 atom stereocenters. The van der Waals surface area contributed by atoms with E-state index >= 15 is 0 Å². The van der Waals surface area contributed by atoms with Gasteiger partial charge in [-0.25, -0.2) is 5.32 Å². The van der Waals surface area contributed by atoms with Gasteiger partial charge in [-0.15, -0.1) is 0 Å². The van der Waals surface area contributed by atoms with Crippen LogP contribution in [0.1, 0.15) is 52.4 Å². The highest BCUT2D eigenvalue weighted by atomic mass is 16.5. The van der Waals surface area contributed by atoms with Crippen LogP contribution in [0.2, 0.25) is 0 Å². The van der Waals surface area contributed by atoms with Crippen molar-refractivity contribution in [3.63, 3.8) is 0 Å². The van der Waals surface area contributed by atoms with Crippen LogP contribution in [0.25, 0.3) is 0 Å². The SMILES string of the molecule is CCCOCCOCCCC[N]CCCCOCCOCCC. The van der Waals surface area contributed by atoms with Crippen molar-refractivity contribution in [3.8, 4) is 0 Å². The molecule has 0 amide bonds. The fraction of sp³-hybridized carbons (Fsp3) is 1.00. The van der Waals surface area contributed by atoms with E-state index in [1.807, 2.05) is 0 Å². The first-order valence-electron chi connectivity index (χ1n) is 9.36. The van der Waals surface area contributed by atoms with E-state index in [2.05, 4.69) is 19.2 Å². The van der Waals surface area contributed by atoms with E-state index < -0.39 is 0 Å². The molecule has 0 bridgehead atoms. The van der Waals surface area contributed by atoms with Gasteiger partial charge in [0.05, 0.1) is 26.4 Å². The fourth-order valence-corrected chi connectivity index (χ4v) is 1.90. The summed E-state index contributed by atoms with van der Waals surface area (Å²) in [5.74, 6) is 0. The summed E-state index contributed by atoms with van der Waals surface area (Å²) in [5, 5.41) is 4.53. The van der Waals surface area contributed by atoms with Gasteiger partial charge < -0.3 is 18.9 Å². The average molecular weight is 333 g/mol. The molecule has 0 aromatic heterocycles. The van der Waals surface area contributed by atoms with Gasteiger partial charge in [-0.3, -0.25) is 0 Å². The Morgan fingerprint density at radius 3 is 1.26 bits per heavy atom. The van der Waals surface area contributed by atoms with E-state index in [-0.39, 0.29) is 0 Å². The molecule has 0 saturated carbocycles. The van der Waals surface area contributed by atoms with E-state index in [1.54, 1.807) is 0 Å². The summed E-state index contributed by atoms with van der Waals surface area (Å²) >= 11 is 0. The van der Waals surface area contributed by atoms with Gasteiger partial charge >= 0.3 is 0 Å². The van der Waals surface area contributed by atoms with Crippen LogP contribution in [0.5, 0.6) is 0 Å². The second-order valence-corrected chi connectivity index (χ2v) is 5.53. The zero-order valence-corrected chi connectivity index (χ0v) is 15.4. The van der Waals surface area contributed by atoms with E-state index in [0.717, 1.165) is 78.0 Å². The molecule has 0 spiro atoms. The van der Waals surface area contributed by atoms with Gasteiger partial charge in [0, 0.05) is 39.5 Å².